The van der Waals surface area contributed by atoms with Crippen molar-refractivity contribution in [3.05, 3.63) is 82.9 Å². The van der Waals surface area contributed by atoms with E-state index in [0.717, 1.165) is 5.56 Å². The van der Waals surface area contributed by atoms with Crippen molar-refractivity contribution in [1.82, 2.24) is 0 Å². The molecule has 2 aliphatic heterocycles. The normalized spacial score (nSPS) is 17.7. The third-order valence-corrected chi connectivity index (χ3v) is 6.42. The third-order valence-electron chi connectivity index (χ3n) is 6.42. The fraction of sp³-hybridized carbons (Fsp3) is 0.241. The number of benzene rings is 3. The molecular formula is C29H27NO8. The molecule has 2 heterocycles. The fourth-order valence-electron chi connectivity index (χ4n) is 4.47. The molecular weight excluding hydrogens is 490 g/mol. The molecule has 5 rings (SSSR count). The molecule has 0 aromatic heterocycles. The van der Waals surface area contributed by atoms with E-state index in [2.05, 4.69) is 0 Å². The van der Waals surface area contributed by atoms with E-state index in [0.29, 0.717) is 40.4 Å². The Bertz CT molecular complexity index is 1380. The van der Waals surface area contributed by atoms with Crippen LogP contribution >= 0.6 is 0 Å². The molecule has 2 aliphatic rings. The van der Waals surface area contributed by atoms with Gasteiger partial charge in [-0.25, -0.2) is 9.59 Å². The minimum atomic E-state index is -0.996. The summed E-state index contributed by atoms with van der Waals surface area (Å²) in [6.45, 7) is 0.442. The number of esters is 2. The SMILES string of the molecule is COc1cc(/C=C2\C(=O)OCC2Cc2ccc3c(c2)OCO3)cc(OC(=O)[C@@H](N)c2ccccc2)c1OC. The number of nitrogens with two attached hydrogens (primary N) is 1. The molecule has 9 heteroatoms. The van der Waals surface area contributed by atoms with E-state index in [1.807, 2.05) is 24.3 Å². The molecule has 0 aliphatic carbocycles. The Balaban J connectivity index is 1.43. The van der Waals surface area contributed by atoms with Gasteiger partial charge < -0.3 is 34.2 Å². The van der Waals surface area contributed by atoms with Crippen molar-refractivity contribution in [2.24, 2.45) is 11.7 Å². The molecule has 0 amide bonds. The van der Waals surface area contributed by atoms with Crippen LogP contribution in [0, 0.1) is 5.92 Å². The van der Waals surface area contributed by atoms with Gasteiger partial charge in [-0.1, -0.05) is 36.4 Å². The zero-order chi connectivity index (χ0) is 26.6. The van der Waals surface area contributed by atoms with Gasteiger partial charge in [0.1, 0.15) is 6.04 Å². The molecule has 0 radical (unpaired) electrons. The first-order valence-electron chi connectivity index (χ1n) is 12.0. The highest BCUT2D eigenvalue weighted by Gasteiger charge is 2.31. The molecule has 2 atom stereocenters. The highest BCUT2D eigenvalue weighted by Crippen LogP contribution is 2.41. The number of fused-ring (bicyclic) bond motifs is 1. The van der Waals surface area contributed by atoms with Gasteiger partial charge in [-0.2, -0.15) is 0 Å². The molecule has 0 spiro atoms. The number of ether oxygens (including phenoxy) is 6. The first-order valence-corrected chi connectivity index (χ1v) is 12.0. The summed E-state index contributed by atoms with van der Waals surface area (Å²) in [7, 11) is 2.92. The van der Waals surface area contributed by atoms with Crippen LogP contribution in [0.3, 0.4) is 0 Å². The number of hydrogen-bond acceptors (Lipinski definition) is 9. The summed E-state index contributed by atoms with van der Waals surface area (Å²) in [6, 6.07) is 16.9. The molecule has 2 N–H and O–H groups in total. The van der Waals surface area contributed by atoms with Crippen LogP contribution in [0.1, 0.15) is 22.7 Å². The second-order valence-corrected chi connectivity index (χ2v) is 8.85. The maximum absolute atomic E-state index is 12.9. The van der Waals surface area contributed by atoms with Gasteiger partial charge in [0.15, 0.2) is 23.0 Å². The van der Waals surface area contributed by atoms with E-state index >= 15 is 0 Å². The molecule has 38 heavy (non-hydrogen) atoms. The maximum Gasteiger partial charge on any atom is 0.334 e. The molecule has 3 aromatic rings. The molecule has 1 fully saturated rings. The molecule has 196 valence electrons. The highest BCUT2D eigenvalue weighted by atomic mass is 16.7. The Hall–Kier alpha value is -4.50. The van der Waals surface area contributed by atoms with Crippen LogP contribution in [0.4, 0.5) is 0 Å². The number of hydrogen-bond donors (Lipinski definition) is 1. The van der Waals surface area contributed by atoms with Gasteiger partial charge in [-0.3, -0.25) is 0 Å². The first kappa shape index (κ1) is 25.2. The monoisotopic (exact) mass is 517 g/mol. The quantitative estimate of drug-likeness (QED) is 0.270. The Morgan fingerprint density at radius 3 is 2.53 bits per heavy atom. The van der Waals surface area contributed by atoms with E-state index in [1.54, 1.807) is 42.5 Å². The average molecular weight is 518 g/mol. The van der Waals surface area contributed by atoms with Crippen LogP contribution in [-0.4, -0.2) is 39.6 Å². The zero-order valence-electron chi connectivity index (χ0n) is 21.0. The predicted octanol–water partition coefficient (Wildman–Crippen LogP) is 3.84. The predicted molar refractivity (Wildman–Crippen MR) is 137 cm³/mol. The summed E-state index contributed by atoms with van der Waals surface area (Å²) in [6.07, 6.45) is 2.28. The van der Waals surface area contributed by atoms with Crippen molar-refractivity contribution in [3.8, 4) is 28.7 Å². The van der Waals surface area contributed by atoms with Crippen molar-refractivity contribution < 1.29 is 38.0 Å². The van der Waals surface area contributed by atoms with Gasteiger partial charge in [-0.15, -0.1) is 0 Å². The van der Waals surface area contributed by atoms with E-state index in [9.17, 15) is 9.59 Å². The van der Waals surface area contributed by atoms with Crippen LogP contribution in [0.15, 0.2) is 66.2 Å². The van der Waals surface area contributed by atoms with Gasteiger partial charge >= 0.3 is 11.9 Å². The number of cyclic esters (lactones) is 1. The number of methoxy groups -OCH3 is 2. The zero-order valence-corrected chi connectivity index (χ0v) is 21.0. The van der Waals surface area contributed by atoms with Crippen LogP contribution in [0.5, 0.6) is 28.7 Å². The van der Waals surface area contributed by atoms with Crippen LogP contribution in [0.25, 0.3) is 6.08 Å². The molecule has 9 nitrogen and oxygen atoms in total. The summed E-state index contributed by atoms with van der Waals surface area (Å²) in [5, 5.41) is 0. The Labute approximate surface area is 219 Å². The smallest absolute Gasteiger partial charge is 0.334 e. The lowest BCUT2D eigenvalue weighted by Crippen LogP contribution is -2.26. The molecule has 0 bridgehead atoms. The minimum Gasteiger partial charge on any atom is -0.493 e. The van der Waals surface area contributed by atoms with Crippen molar-refractivity contribution in [2.45, 2.75) is 12.5 Å². The van der Waals surface area contributed by atoms with E-state index in [4.69, 9.17) is 34.2 Å². The number of carbonyl (C=O) groups excluding carboxylic acids is 2. The minimum absolute atomic E-state index is 0.119. The molecule has 1 saturated heterocycles. The van der Waals surface area contributed by atoms with E-state index < -0.39 is 18.0 Å². The largest absolute Gasteiger partial charge is 0.493 e. The van der Waals surface area contributed by atoms with Gasteiger partial charge in [-0.05, 0) is 53.5 Å². The van der Waals surface area contributed by atoms with Crippen LogP contribution in [0.2, 0.25) is 0 Å². The summed E-state index contributed by atoms with van der Waals surface area (Å²) in [4.78, 5) is 25.5. The third kappa shape index (κ3) is 5.14. The molecule has 3 aromatic carbocycles. The van der Waals surface area contributed by atoms with Gasteiger partial charge in [0.25, 0.3) is 0 Å². The summed E-state index contributed by atoms with van der Waals surface area (Å²) >= 11 is 0. The Kier molecular flexibility index (Phi) is 7.19. The van der Waals surface area contributed by atoms with Crippen molar-refractivity contribution in [3.63, 3.8) is 0 Å². The summed E-state index contributed by atoms with van der Waals surface area (Å²) < 4.78 is 32.8. The molecule has 0 saturated carbocycles. The summed E-state index contributed by atoms with van der Waals surface area (Å²) in [5.74, 6) is 0.798. The average Bonchev–Trinajstić information content (AvgIpc) is 3.54. The lowest BCUT2D eigenvalue weighted by atomic mass is 9.92. The lowest BCUT2D eigenvalue weighted by Gasteiger charge is -2.16. The maximum atomic E-state index is 12.9. The Morgan fingerprint density at radius 2 is 1.76 bits per heavy atom. The van der Waals surface area contributed by atoms with Gasteiger partial charge in [0, 0.05) is 11.5 Å². The van der Waals surface area contributed by atoms with Gasteiger partial charge in [0.2, 0.25) is 12.5 Å². The number of carbonyl (C=O) groups is 2. The van der Waals surface area contributed by atoms with Crippen molar-refractivity contribution in [1.29, 1.82) is 0 Å². The van der Waals surface area contributed by atoms with Crippen LogP contribution < -0.4 is 29.4 Å². The fourth-order valence-corrected chi connectivity index (χ4v) is 4.47. The topological polar surface area (TPSA) is 116 Å². The first-order chi connectivity index (χ1) is 18.5. The van der Waals surface area contributed by atoms with E-state index in [1.165, 1.54) is 14.2 Å². The second-order valence-electron chi connectivity index (χ2n) is 8.85. The number of rotatable bonds is 8. The lowest BCUT2D eigenvalue weighted by molar-refractivity contribution is -0.136. The molecule has 1 unspecified atom stereocenters. The standard InChI is InChI=1S/C29H27NO8/c1-33-24-13-18(14-25(27(24)34-2)38-29(32)26(30)19-6-4-3-5-7-19)11-21-20(15-35-28(21)31)10-17-8-9-22-23(12-17)37-16-36-22/h3-9,11-14,20,26H,10,15-16,30H2,1-2H3/b21-11-/t20?,26-/m0/s1. The highest BCUT2D eigenvalue weighted by molar-refractivity contribution is 5.96. The summed E-state index contributed by atoms with van der Waals surface area (Å²) in [5.41, 5.74) is 8.79. The van der Waals surface area contributed by atoms with Crippen molar-refractivity contribution >= 4 is 18.0 Å². The van der Waals surface area contributed by atoms with Crippen LogP contribution in [-0.2, 0) is 20.7 Å². The second kappa shape index (κ2) is 10.9. The van der Waals surface area contributed by atoms with Gasteiger partial charge in [0.05, 0.1) is 20.8 Å². The van der Waals surface area contributed by atoms with Crippen molar-refractivity contribution in [2.75, 3.05) is 27.6 Å². The van der Waals surface area contributed by atoms with E-state index in [-0.39, 0.29) is 30.8 Å². The Morgan fingerprint density at radius 1 is 1.00 bits per heavy atom.